The Labute approximate surface area is 147 Å². The molecule has 3 rings (SSSR count). The first kappa shape index (κ1) is 17.4. The maximum Gasteiger partial charge on any atom is 0.240 e. The highest BCUT2D eigenvalue weighted by molar-refractivity contribution is 7.89. The first-order chi connectivity index (χ1) is 11.9. The molecule has 0 saturated heterocycles. The van der Waals surface area contributed by atoms with Gasteiger partial charge in [-0.1, -0.05) is 38.1 Å². The van der Waals surface area contributed by atoms with Crippen LogP contribution in [0.25, 0.3) is 11.0 Å². The number of sulfonamides is 1. The Balaban J connectivity index is 1.64. The van der Waals surface area contributed by atoms with E-state index in [0.29, 0.717) is 19.0 Å². The van der Waals surface area contributed by atoms with Crippen LogP contribution in [0, 0.1) is 5.92 Å². The van der Waals surface area contributed by atoms with E-state index in [-0.39, 0.29) is 10.8 Å². The predicted molar refractivity (Wildman–Crippen MR) is 99.9 cm³/mol. The molecule has 0 spiro atoms. The number of imidazole rings is 1. The van der Waals surface area contributed by atoms with Gasteiger partial charge in [0, 0.05) is 13.1 Å². The number of H-pyrrole nitrogens is 1. The zero-order chi connectivity index (χ0) is 17.9. The van der Waals surface area contributed by atoms with E-state index in [4.69, 9.17) is 0 Å². The smallest absolute Gasteiger partial charge is 0.240 e. The number of aromatic nitrogens is 2. The van der Waals surface area contributed by atoms with Gasteiger partial charge >= 0.3 is 0 Å². The molecule has 6 nitrogen and oxygen atoms in total. The van der Waals surface area contributed by atoms with Crippen molar-refractivity contribution in [3.05, 3.63) is 54.1 Å². The zero-order valence-corrected chi connectivity index (χ0v) is 15.1. The van der Waals surface area contributed by atoms with Gasteiger partial charge in [-0.25, -0.2) is 18.1 Å². The molecule has 0 aliphatic heterocycles. The lowest BCUT2D eigenvalue weighted by Crippen LogP contribution is -2.27. The fraction of sp³-hybridized carbons (Fsp3) is 0.278. The van der Waals surface area contributed by atoms with E-state index in [9.17, 15) is 8.42 Å². The summed E-state index contributed by atoms with van der Waals surface area (Å²) in [6, 6.07) is 14.7. The summed E-state index contributed by atoms with van der Waals surface area (Å²) >= 11 is 0. The molecular formula is C18H22N4O2S. The molecule has 0 radical (unpaired) electrons. The standard InChI is InChI=1S/C18H22N4O2S/c1-13(2)11-20-25(23,24)15-9-7-14(8-10-15)12-19-18-21-16-5-3-4-6-17(16)22-18/h3-10,13,20H,11-12H2,1-2H3,(H2,19,21,22). The van der Waals surface area contributed by atoms with Gasteiger partial charge in [0.25, 0.3) is 0 Å². The van der Waals surface area contributed by atoms with Crippen molar-refractivity contribution < 1.29 is 8.42 Å². The summed E-state index contributed by atoms with van der Waals surface area (Å²) in [5.41, 5.74) is 2.86. The number of rotatable bonds is 7. The number of hydrogen-bond donors (Lipinski definition) is 3. The lowest BCUT2D eigenvalue weighted by Gasteiger charge is -2.09. The van der Waals surface area contributed by atoms with Crippen molar-refractivity contribution in [2.24, 2.45) is 5.92 Å². The summed E-state index contributed by atoms with van der Waals surface area (Å²) in [7, 11) is -3.45. The molecule has 2 aromatic carbocycles. The van der Waals surface area contributed by atoms with Crippen molar-refractivity contribution in [3.8, 4) is 0 Å². The molecule has 0 amide bonds. The topological polar surface area (TPSA) is 86.9 Å². The van der Waals surface area contributed by atoms with Crippen LogP contribution in [-0.4, -0.2) is 24.9 Å². The van der Waals surface area contributed by atoms with Crippen molar-refractivity contribution in [3.63, 3.8) is 0 Å². The van der Waals surface area contributed by atoms with Crippen LogP contribution in [-0.2, 0) is 16.6 Å². The molecule has 0 bridgehead atoms. The maximum absolute atomic E-state index is 12.2. The molecule has 7 heteroatoms. The van der Waals surface area contributed by atoms with Gasteiger partial charge in [0.1, 0.15) is 0 Å². The third-order valence-corrected chi connectivity index (χ3v) is 5.20. The largest absolute Gasteiger partial charge is 0.352 e. The number of benzene rings is 2. The summed E-state index contributed by atoms with van der Waals surface area (Å²) in [5.74, 6) is 0.957. The molecule has 3 aromatic rings. The molecule has 25 heavy (non-hydrogen) atoms. The fourth-order valence-electron chi connectivity index (χ4n) is 2.37. The third-order valence-electron chi connectivity index (χ3n) is 3.76. The van der Waals surface area contributed by atoms with E-state index in [0.717, 1.165) is 16.6 Å². The van der Waals surface area contributed by atoms with Crippen LogP contribution in [0.4, 0.5) is 5.95 Å². The number of aromatic amines is 1. The maximum atomic E-state index is 12.2. The number of fused-ring (bicyclic) bond motifs is 1. The van der Waals surface area contributed by atoms with Gasteiger partial charge < -0.3 is 10.3 Å². The number of nitrogens with zero attached hydrogens (tertiary/aromatic N) is 1. The van der Waals surface area contributed by atoms with E-state index in [1.165, 1.54) is 0 Å². The van der Waals surface area contributed by atoms with Crippen molar-refractivity contribution in [1.29, 1.82) is 0 Å². The normalized spacial score (nSPS) is 12.0. The molecule has 132 valence electrons. The second kappa shape index (κ2) is 7.25. The molecule has 0 aliphatic carbocycles. The number of para-hydroxylation sites is 2. The lowest BCUT2D eigenvalue weighted by atomic mass is 10.2. The lowest BCUT2D eigenvalue weighted by molar-refractivity contribution is 0.560. The highest BCUT2D eigenvalue weighted by Crippen LogP contribution is 2.15. The number of anilines is 1. The minimum atomic E-state index is -3.45. The third kappa shape index (κ3) is 4.37. The van der Waals surface area contributed by atoms with Crippen LogP contribution in [0.1, 0.15) is 19.4 Å². The predicted octanol–water partition coefficient (Wildman–Crippen LogP) is 3.11. The van der Waals surface area contributed by atoms with Crippen molar-refractivity contribution >= 4 is 27.0 Å². The minimum absolute atomic E-state index is 0.266. The van der Waals surface area contributed by atoms with Crippen LogP contribution in [0.15, 0.2) is 53.4 Å². The van der Waals surface area contributed by atoms with Crippen LogP contribution in [0.3, 0.4) is 0 Å². The molecule has 0 aliphatic rings. The molecule has 0 atom stereocenters. The van der Waals surface area contributed by atoms with Crippen LogP contribution in [0.5, 0.6) is 0 Å². The average molecular weight is 358 g/mol. The number of hydrogen-bond acceptors (Lipinski definition) is 4. The van der Waals surface area contributed by atoms with E-state index in [1.54, 1.807) is 24.3 Å². The molecular weight excluding hydrogens is 336 g/mol. The summed E-state index contributed by atoms with van der Waals surface area (Å²) in [6.45, 7) is 4.92. The Morgan fingerprint density at radius 3 is 2.48 bits per heavy atom. The van der Waals surface area contributed by atoms with Gasteiger partial charge in [-0.05, 0) is 35.7 Å². The monoisotopic (exact) mass is 358 g/mol. The summed E-state index contributed by atoms with van der Waals surface area (Å²) in [6.07, 6.45) is 0. The quantitative estimate of drug-likeness (QED) is 0.606. The van der Waals surface area contributed by atoms with Crippen LogP contribution < -0.4 is 10.0 Å². The van der Waals surface area contributed by atoms with Gasteiger partial charge in [-0.15, -0.1) is 0 Å². The first-order valence-electron chi connectivity index (χ1n) is 8.21. The fourth-order valence-corrected chi connectivity index (χ4v) is 3.58. The second-order valence-electron chi connectivity index (χ2n) is 6.35. The van der Waals surface area contributed by atoms with Gasteiger partial charge in [-0.2, -0.15) is 0 Å². The molecule has 0 saturated carbocycles. The summed E-state index contributed by atoms with van der Waals surface area (Å²) in [5, 5.41) is 3.22. The van der Waals surface area contributed by atoms with Gasteiger partial charge in [0.15, 0.2) is 0 Å². The zero-order valence-electron chi connectivity index (χ0n) is 14.3. The molecule has 1 aromatic heterocycles. The second-order valence-corrected chi connectivity index (χ2v) is 8.11. The summed E-state index contributed by atoms with van der Waals surface area (Å²) in [4.78, 5) is 7.93. The van der Waals surface area contributed by atoms with Gasteiger partial charge in [-0.3, -0.25) is 0 Å². The van der Waals surface area contributed by atoms with Crippen LogP contribution >= 0.6 is 0 Å². The average Bonchev–Trinajstić information content (AvgIpc) is 3.02. The van der Waals surface area contributed by atoms with E-state index >= 15 is 0 Å². The molecule has 1 heterocycles. The van der Waals surface area contributed by atoms with E-state index in [1.807, 2.05) is 38.1 Å². The first-order valence-corrected chi connectivity index (χ1v) is 9.69. The van der Waals surface area contributed by atoms with Crippen LogP contribution in [0.2, 0.25) is 0 Å². The summed E-state index contributed by atoms with van der Waals surface area (Å²) < 4.78 is 27.0. The Morgan fingerprint density at radius 2 is 1.80 bits per heavy atom. The molecule has 0 fully saturated rings. The highest BCUT2D eigenvalue weighted by atomic mass is 32.2. The van der Waals surface area contributed by atoms with E-state index in [2.05, 4.69) is 20.0 Å². The Bertz CT molecular complexity index is 914. The SMILES string of the molecule is CC(C)CNS(=O)(=O)c1ccc(CNc2nc3ccccc3[nH]2)cc1. The number of nitrogens with one attached hydrogen (secondary N) is 3. The van der Waals surface area contributed by atoms with E-state index < -0.39 is 10.0 Å². The van der Waals surface area contributed by atoms with Crippen molar-refractivity contribution in [2.75, 3.05) is 11.9 Å². The molecule has 3 N–H and O–H groups in total. The van der Waals surface area contributed by atoms with Gasteiger partial charge in [0.05, 0.1) is 15.9 Å². The Hall–Kier alpha value is -2.38. The Morgan fingerprint density at radius 1 is 1.08 bits per heavy atom. The Kier molecular flexibility index (Phi) is 5.06. The molecule has 0 unspecified atom stereocenters. The van der Waals surface area contributed by atoms with Crippen molar-refractivity contribution in [1.82, 2.24) is 14.7 Å². The van der Waals surface area contributed by atoms with Gasteiger partial charge in [0.2, 0.25) is 16.0 Å². The minimum Gasteiger partial charge on any atom is -0.352 e. The highest BCUT2D eigenvalue weighted by Gasteiger charge is 2.13. The van der Waals surface area contributed by atoms with Crippen molar-refractivity contribution in [2.45, 2.75) is 25.3 Å².